The molecule has 0 bridgehead atoms. The highest BCUT2D eigenvalue weighted by Crippen LogP contribution is 2.36. The Bertz CT molecular complexity index is 399. The summed E-state index contributed by atoms with van der Waals surface area (Å²) in [5.74, 6) is 0.851. The normalized spacial score (nSPS) is 13.6. The van der Waals surface area contributed by atoms with Gasteiger partial charge in [-0.25, -0.2) is 0 Å². The summed E-state index contributed by atoms with van der Waals surface area (Å²) in [7, 11) is 1.65. The van der Waals surface area contributed by atoms with E-state index in [9.17, 15) is 5.11 Å². The van der Waals surface area contributed by atoms with Gasteiger partial charge in [0.25, 0.3) is 0 Å². The lowest BCUT2D eigenvalue weighted by molar-refractivity contribution is 0.0549. The van der Waals surface area contributed by atoms with Crippen molar-refractivity contribution in [3.05, 3.63) is 28.8 Å². The van der Waals surface area contributed by atoms with Crippen LogP contribution < -0.4 is 10.5 Å². The molecule has 0 amide bonds. The molecule has 1 rings (SSSR count). The van der Waals surface area contributed by atoms with Gasteiger partial charge < -0.3 is 15.6 Å². The minimum atomic E-state index is -0.558. The van der Waals surface area contributed by atoms with Crippen LogP contribution in [0.2, 0.25) is 0 Å². The van der Waals surface area contributed by atoms with Gasteiger partial charge in [-0.1, -0.05) is 13.8 Å². The molecule has 3 heteroatoms. The molecule has 0 aromatic heterocycles. The van der Waals surface area contributed by atoms with Crippen molar-refractivity contribution < 1.29 is 9.84 Å². The van der Waals surface area contributed by atoms with E-state index >= 15 is 0 Å². The number of benzene rings is 1. The smallest absolute Gasteiger partial charge is 0.122 e. The summed E-state index contributed by atoms with van der Waals surface area (Å²) in [5.41, 5.74) is 8.36. The fraction of sp³-hybridized carbons (Fsp3) is 0.571. The molecule has 0 radical (unpaired) electrons. The van der Waals surface area contributed by atoms with Crippen LogP contribution in [0, 0.1) is 19.3 Å². The van der Waals surface area contributed by atoms with Crippen LogP contribution >= 0.6 is 0 Å². The van der Waals surface area contributed by atoms with Crippen LogP contribution in [0.25, 0.3) is 0 Å². The summed E-state index contributed by atoms with van der Waals surface area (Å²) >= 11 is 0. The molecule has 1 atom stereocenters. The number of aliphatic hydroxyl groups excluding tert-OH is 1. The van der Waals surface area contributed by atoms with E-state index in [1.54, 1.807) is 7.11 Å². The van der Waals surface area contributed by atoms with Gasteiger partial charge in [0.1, 0.15) is 5.75 Å². The maximum Gasteiger partial charge on any atom is 0.122 e. The van der Waals surface area contributed by atoms with E-state index in [0.717, 1.165) is 22.4 Å². The van der Waals surface area contributed by atoms with Gasteiger partial charge in [0.05, 0.1) is 13.2 Å². The highest BCUT2D eigenvalue weighted by molar-refractivity contribution is 5.42. The molecule has 96 valence electrons. The third-order valence-corrected chi connectivity index (χ3v) is 3.34. The molecule has 0 saturated heterocycles. The number of nitrogens with two attached hydrogens (primary N) is 1. The first-order valence-corrected chi connectivity index (χ1v) is 5.86. The maximum absolute atomic E-state index is 10.4. The standard InChI is InChI=1S/C14H23NO2/c1-9-7-12(17-5)10(2)6-11(9)13(16)14(3,4)8-15/h6-7,13,16H,8,15H2,1-5H3. The van der Waals surface area contributed by atoms with Gasteiger partial charge in [-0.3, -0.25) is 0 Å². The van der Waals surface area contributed by atoms with Gasteiger partial charge >= 0.3 is 0 Å². The first kappa shape index (κ1) is 14.0. The van der Waals surface area contributed by atoms with E-state index in [4.69, 9.17) is 10.5 Å². The quantitative estimate of drug-likeness (QED) is 0.845. The van der Waals surface area contributed by atoms with E-state index < -0.39 is 6.10 Å². The van der Waals surface area contributed by atoms with E-state index in [1.807, 2.05) is 39.8 Å². The van der Waals surface area contributed by atoms with Crippen molar-refractivity contribution in [1.82, 2.24) is 0 Å². The minimum Gasteiger partial charge on any atom is -0.496 e. The number of hydrogen-bond donors (Lipinski definition) is 2. The average molecular weight is 237 g/mol. The Kier molecular flexibility index (Phi) is 4.17. The van der Waals surface area contributed by atoms with Crippen LogP contribution in [0.3, 0.4) is 0 Å². The number of rotatable bonds is 4. The fourth-order valence-electron chi connectivity index (χ4n) is 1.86. The molecule has 3 nitrogen and oxygen atoms in total. The molecule has 0 spiro atoms. The molecular formula is C14H23NO2. The predicted molar refractivity (Wildman–Crippen MR) is 70.3 cm³/mol. The molecule has 0 aliphatic heterocycles. The predicted octanol–water partition coefficient (Wildman–Crippen LogP) is 2.33. The monoisotopic (exact) mass is 237 g/mol. The molecule has 1 unspecified atom stereocenters. The van der Waals surface area contributed by atoms with Gasteiger partial charge in [0.2, 0.25) is 0 Å². The Hall–Kier alpha value is -1.06. The third kappa shape index (κ3) is 2.79. The molecular weight excluding hydrogens is 214 g/mol. The number of aryl methyl sites for hydroxylation is 2. The summed E-state index contributed by atoms with van der Waals surface area (Å²) in [6, 6.07) is 3.94. The van der Waals surface area contributed by atoms with Crippen molar-refractivity contribution in [1.29, 1.82) is 0 Å². The summed E-state index contributed by atoms with van der Waals surface area (Å²) < 4.78 is 5.27. The summed E-state index contributed by atoms with van der Waals surface area (Å²) in [5, 5.41) is 10.4. The lowest BCUT2D eigenvalue weighted by Gasteiger charge is -2.30. The van der Waals surface area contributed by atoms with Gasteiger partial charge in [-0.15, -0.1) is 0 Å². The lowest BCUT2D eigenvalue weighted by Crippen LogP contribution is -2.31. The second kappa shape index (κ2) is 5.07. The van der Waals surface area contributed by atoms with Gasteiger partial charge in [0.15, 0.2) is 0 Å². The number of hydrogen-bond acceptors (Lipinski definition) is 3. The van der Waals surface area contributed by atoms with Crippen LogP contribution in [-0.2, 0) is 0 Å². The second-order valence-electron chi connectivity index (χ2n) is 5.27. The van der Waals surface area contributed by atoms with Crippen molar-refractivity contribution in [3.63, 3.8) is 0 Å². The van der Waals surface area contributed by atoms with Crippen LogP contribution in [0.5, 0.6) is 5.75 Å². The molecule has 0 fully saturated rings. The minimum absolute atomic E-state index is 0.328. The Morgan fingerprint density at radius 2 is 1.88 bits per heavy atom. The van der Waals surface area contributed by atoms with Gasteiger partial charge in [-0.05, 0) is 42.7 Å². The largest absolute Gasteiger partial charge is 0.496 e. The molecule has 0 aliphatic rings. The summed E-state index contributed by atoms with van der Waals surface area (Å²) in [6.45, 7) is 8.34. The third-order valence-electron chi connectivity index (χ3n) is 3.34. The van der Waals surface area contributed by atoms with Gasteiger partial charge in [-0.2, -0.15) is 0 Å². The van der Waals surface area contributed by atoms with Crippen LogP contribution in [0.1, 0.15) is 36.6 Å². The molecule has 0 aliphatic carbocycles. The topological polar surface area (TPSA) is 55.5 Å². The average Bonchev–Trinajstić information content (AvgIpc) is 2.30. The Labute approximate surface area is 104 Å². The number of aliphatic hydroxyl groups is 1. The maximum atomic E-state index is 10.4. The molecule has 1 aromatic rings. The molecule has 3 N–H and O–H groups in total. The Morgan fingerprint density at radius 3 is 2.35 bits per heavy atom. The van der Waals surface area contributed by atoms with Crippen molar-refractivity contribution >= 4 is 0 Å². The van der Waals surface area contributed by atoms with Crippen LogP contribution in [0.4, 0.5) is 0 Å². The van der Waals surface area contributed by atoms with Crippen molar-refractivity contribution in [3.8, 4) is 5.75 Å². The Balaban J connectivity index is 3.19. The summed E-state index contributed by atoms with van der Waals surface area (Å²) in [6.07, 6.45) is -0.558. The van der Waals surface area contributed by atoms with Crippen molar-refractivity contribution in [2.24, 2.45) is 11.1 Å². The van der Waals surface area contributed by atoms with E-state index in [-0.39, 0.29) is 5.41 Å². The SMILES string of the molecule is COc1cc(C)c(C(O)C(C)(C)CN)cc1C. The van der Waals surface area contributed by atoms with Gasteiger partial charge in [0, 0.05) is 12.0 Å². The zero-order chi connectivity index (χ0) is 13.2. The zero-order valence-electron chi connectivity index (χ0n) is 11.4. The van der Waals surface area contributed by atoms with Crippen molar-refractivity contribution in [2.75, 3.05) is 13.7 Å². The first-order valence-electron chi connectivity index (χ1n) is 5.86. The van der Waals surface area contributed by atoms with E-state index in [0.29, 0.717) is 6.54 Å². The van der Waals surface area contributed by atoms with Crippen LogP contribution in [0.15, 0.2) is 12.1 Å². The first-order chi connectivity index (χ1) is 7.83. The zero-order valence-corrected chi connectivity index (χ0v) is 11.4. The highest BCUT2D eigenvalue weighted by Gasteiger charge is 2.29. The number of ether oxygens (including phenoxy) is 1. The van der Waals surface area contributed by atoms with E-state index in [2.05, 4.69) is 0 Å². The number of methoxy groups -OCH3 is 1. The molecule has 0 heterocycles. The second-order valence-corrected chi connectivity index (χ2v) is 5.27. The highest BCUT2D eigenvalue weighted by atomic mass is 16.5. The lowest BCUT2D eigenvalue weighted by atomic mass is 9.81. The summed E-state index contributed by atoms with van der Waals surface area (Å²) in [4.78, 5) is 0. The van der Waals surface area contributed by atoms with Crippen molar-refractivity contribution in [2.45, 2.75) is 33.8 Å². The Morgan fingerprint density at radius 1 is 1.29 bits per heavy atom. The van der Waals surface area contributed by atoms with E-state index in [1.165, 1.54) is 0 Å². The molecule has 17 heavy (non-hydrogen) atoms. The molecule has 1 aromatic carbocycles. The molecule has 0 saturated carbocycles. The fourth-order valence-corrected chi connectivity index (χ4v) is 1.86. The van der Waals surface area contributed by atoms with Crippen LogP contribution in [-0.4, -0.2) is 18.8 Å².